The largest absolute Gasteiger partial charge is 0.444 e. The Morgan fingerprint density at radius 1 is 1.27 bits per heavy atom. The molecule has 2 fully saturated rings. The number of hydrogen-bond acceptors (Lipinski definition) is 4. The molecule has 1 aromatic rings. The van der Waals surface area contributed by atoms with Crippen LogP contribution in [0.1, 0.15) is 58.4 Å². The van der Waals surface area contributed by atoms with Crippen LogP contribution < -0.4 is 0 Å². The number of rotatable bonds is 6. The second-order valence-corrected chi connectivity index (χ2v) is 8.76. The Labute approximate surface area is 157 Å². The Hall–Kier alpha value is -1.62. The van der Waals surface area contributed by atoms with Gasteiger partial charge in [-0.1, -0.05) is 6.07 Å². The quantitative estimate of drug-likeness (QED) is 0.768. The number of carbonyl (C=O) groups excluding carboxylic acids is 1. The van der Waals surface area contributed by atoms with E-state index in [2.05, 4.69) is 16.0 Å². The molecule has 26 heavy (non-hydrogen) atoms. The number of aromatic nitrogens is 1. The maximum Gasteiger partial charge on any atom is 0.410 e. The molecule has 1 saturated heterocycles. The minimum atomic E-state index is -0.412. The molecule has 3 rings (SSSR count). The predicted octanol–water partition coefficient (Wildman–Crippen LogP) is 4.08. The van der Waals surface area contributed by atoms with Gasteiger partial charge in [-0.25, -0.2) is 4.79 Å². The highest BCUT2D eigenvalue weighted by atomic mass is 16.6. The van der Waals surface area contributed by atoms with Crippen molar-refractivity contribution in [2.24, 2.45) is 5.92 Å². The van der Waals surface area contributed by atoms with E-state index < -0.39 is 5.60 Å². The highest BCUT2D eigenvalue weighted by Crippen LogP contribution is 2.30. The van der Waals surface area contributed by atoms with E-state index in [9.17, 15) is 4.79 Å². The highest BCUT2D eigenvalue weighted by Gasteiger charge is 2.31. The van der Waals surface area contributed by atoms with Gasteiger partial charge >= 0.3 is 6.09 Å². The molecule has 1 aliphatic carbocycles. The average Bonchev–Trinajstić information content (AvgIpc) is 3.43. The molecule has 0 aromatic carbocycles. The standard InChI is InChI=1S/C21H33N3O2/c1-21(2,3)26-20(25)23-12-8-17(9-13-23)10-14-24(19-6-7-19)16-18-5-4-11-22-15-18/h4-5,11,15,17,19H,6-10,12-14,16H2,1-3H3. The van der Waals surface area contributed by atoms with Gasteiger partial charge in [0.05, 0.1) is 0 Å². The molecule has 1 amide bonds. The lowest BCUT2D eigenvalue weighted by Crippen LogP contribution is -2.42. The molecule has 2 aliphatic rings. The van der Waals surface area contributed by atoms with Gasteiger partial charge < -0.3 is 9.64 Å². The van der Waals surface area contributed by atoms with E-state index in [1.807, 2.05) is 44.1 Å². The van der Waals surface area contributed by atoms with Gasteiger partial charge in [-0.05, 0) is 77.0 Å². The summed E-state index contributed by atoms with van der Waals surface area (Å²) in [6.45, 7) is 9.58. The number of hydrogen-bond donors (Lipinski definition) is 0. The van der Waals surface area contributed by atoms with Crippen LogP contribution in [-0.4, -0.2) is 52.2 Å². The summed E-state index contributed by atoms with van der Waals surface area (Å²) in [6.07, 6.45) is 9.72. The number of pyridine rings is 1. The van der Waals surface area contributed by atoms with Crippen LogP contribution in [0.15, 0.2) is 24.5 Å². The van der Waals surface area contributed by atoms with Crippen LogP contribution in [0.5, 0.6) is 0 Å². The molecule has 0 bridgehead atoms. The number of ether oxygens (including phenoxy) is 1. The number of carbonyl (C=O) groups is 1. The van der Waals surface area contributed by atoms with Crippen LogP contribution >= 0.6 is 0 Å². The van der Waals surface area contributed by atoms with Crippen molar-refractivity contribution < 1.29 is 9.53 Å². The van der Waals surface area contributed by atoms with Gasteiger partial charge in [0.1, 0.15) is 5.60 Å². The predicted molar refractivity (Wildman–Crippen MR) is 103 cm³/mol. The maximum atomic E-state index is 12.2. The van der Waals surface area contributed by atoms with Crippen LogP contribution in [0.25, 0.3) is 0 Å². The lowest BCUT2D eigenvalue weighted by Gasteiger charge is -2.34. The smallest absolute Gasteiger partial charge is 0.410 e. The third-order valence-corrected chi connectivity index (χ3v) is 5.26. The zero-order valence-electron chi connectivity index (χ0n) is 16.5. The van der Waals surface area contributed by atoms with Crippen molar-refractivity contribution >= 4 is 6.09 Å². The molecule has 5 nitrogen and oxygen atoms in total. The van der Waals surface area contributed by atoms with Gasteiger partial charge in [0.15, 0.2) is 0 Å². The minimum absolute atomic E-state index is 0.160. The summed E-state index contributed by atoms with van der Waals surface area (Å²) in [5.41, 5.74) is 0.893. The molecule has 0 radical (unpaired) electrons. The van der Waals surface area contributed by atoms with Crippen LogP contribution in [0.4, 0.5) is 4.79 Å². The van der Waals surface area contributed by atoms with Gasteiger partial charge in [-0.2, -0.15) is 0 Å². The van der Waals surface area contributed by atoms with E-state index in [0.29, 0.717) is 5.92 Å². The van der Waals surface area contributed by atoms with Crippen molar-refractivity contribution in [1.82, 2.24) is 14.8 Å². The molecular weight excluding hydrogens is 326 g/mol. The zero-order chi connectivity index (χ0) is 18.6. The molecule has 0 unspecified atom stereocenters. The number of nitrogens with zero attached hydrogens (tertiary/aromatic N) is 3. The number of likely N-dealkylation sites (tertiary alicyclic amines) is 1. The summed E-state index contributed by atoms with van der Waals surface area (Å²) in [7, 11) is 0. The van der Waals surface area contributed by atoms with Crippen LogP contribution in [0.3, 0.4) is 0 Å². The molecule has 0 atom stereocenters. The fourth-order valence-corrected chi connectivity index (χ4v) is 3.64. The minimum Gasteiger partial charge on any atom is -0.444 e. The van der Waals surface area contributed by atoms with Crippen molar-refractivity contribution in [2.75, 3.05) is 19.6 Å². The van der Waals surface area contributed by atoms with Gasteiger partial charge in [0.2, 0.25) is 0 Å². The molecule has 0 spiro atoms. The summed E-state index contributed by atoms with van der Waals surface area (Å²) < 4.78 is 5.49. The molecule has 2 heterocycles. The van der Waals surface area contributed by atoms with E-state index in [4.69, 9.17) is 4.74 Å². The van der Waals surface area contributed by atoms with Gasteiger partial charge in [0, 0.05) is 38.1 Å². The highest BCUT2D eigenvalue weighted by molar-refractivity contribution is 5.68. The fourth-order valence-electron chi connectivity index (χ4n) is 3.64. The van der Waals surface area contributed by atoms with Crippen LogP contribution in [0.2, 0.25) is 0 Å². The van der Waals surface area contributed by atoms with E-state index in [1.165, 1.54) is 24.8 Å². The van der Waals surface area contributed by atoms with E-state index in [1.54, 1.807) is 0 Å². The Morgan fingerprint density at radius 2 is 2.00 bits per heavy atom. The van der Waals surface area contributed by atoms with E-state index in [0.717, 1.165) is 45.1 Å². The third kappa shape index (κ3) is 5.97. The van der Waals surface area contributed by atoms with Crippen molar-refractivity contribution in [3.8, 4) is 0 Å². The lowest BCUT2D eigenvalue weighted by atomic mass is 9.93. The summed E-state index contributed by atoms with van der Waals surface area (Å²) in [5.74, 6) is 0.712. The number of piperidine rings is 1. The summed E-state index contributed by atoms with van der Waals surface area (Å²) in [5, 5.41) is 0. The molecule has 5 heteroatoms. The van der Waals surface area contributed by atoms with E-state index >= 15 is 0 Å². The lowest BCUT2D eigenvalue weighted by molar-refractivity contribution is 0.0177. The van der Waals surface area contributed by atoms with Crippen LogP contribution in [-0.2, 0) is 11.3 Å². The molecule has 0 N–H and O–H groups in total. The molecule has 1 saturated carbocycles. The molecule has 1 aliphatic heterocycles. The first-order valence-corrected chi connectivity index (χ1v) is 10.0. The van der Waals surface area contributed by atoms with E-state index in [-0.39, 0.29) is 6.09 Å². The Kier molecular flexibility index (Phi) is 6.17. The van der Waals surface area contributed by atoms with Gasteiger partial charge in [-0.3, -0.25) is 9.88 Å². The topological polar surface area (TPSA) is 45.7 Å². The second kappa shape index (κ2) is 8.38. The Bertz CT molecular complexity index is 573. The zero-order valence-corrected chi connectivity index (χ0v) is 16.5. The molecule has 1 aromatic heterocycles. The molecule has 144 valence electrons. The summed E-state index contributed by atoms with van der Waals surface area (Å²) in [4.78, 5) is 20.9. The normalized spacial score (nSPS) is 19.0. The van der Waals surface area contributed by atoms with Crippen molar-refractivity contribution in [3.05, 3.63) is 30.1 Å². The monoisotopic (exact) mass is 359 g/mol. The molecular formula is C21H33N3O2. The van der Waals surface area contributed by atoms with Gasteiger partial charge in [-0.15, -0.1) is 0 Å². The Balaban J connectivity index is 1.42. The van der Waals surface area contributed by atoms with Crippen molar-refractivity contribution in [1.29, 1.82) is 0 Å². The van der Waals surface area contributed by atoms with Gasteiger partial charge in [0.25, 0.3) is 0 Å². The van der Waals surface area contributed by atoms with Crippen LogP contribution in [0, 0.1) is 5.92 Å². The Morgan fingerprint density at radius 3 is 2.58 bits per heavy atom. The first-order valence-electron chi connectivity index (χ1n) is 10.0. The van der Waals surface area contributed by atoms with Crippen molar-refractivity contribution in [2.45, 2.75) is 71.1 Å². The third-order valence-electron chi connectivity index (χ3n) is 5.26. The second-order valence-electron chi connectivity index (χ2n) is 8.76. The fraction of sp³-hybridized carbons (Fsp3) is 0.714. The van der Waals surface area contributed by atoms with Crippen molar-refractivity contribution in [3.63, 3.8) is 0 Å². The number of amides is 1. The SMILES string of the molecule is CC(C)(C)OC(=O)N1CCC(CCN(Cc2cccnc2)C2CC2)CC1. The summed E-state index contributed by atoms with van der Waals surface area (Å²) >= 11 is 0. The maximum absolute atomic E-state index is 12.2. The summed E-state index contributed by atoms with van der Waals surface area (Å²) in [6, 6.07) is 4.95. The average molecular weight is 360 g/mol. The first-order chi connectivity index (χ1) is 12.4. The first kappa shape index (κ1) is 19.2.